The normalized spacial score (nSPS) is 11.3. The molecule has 1 aromatic rings. The zero-order chi connectivity index (χ0) is 9.84. The Labute approximate surface area is 77.0 Å². The van der Waals surface area contributed by atoms with Crippen molar-refractivity contribution in [1.82, 2.24) is 0 Å². The van der Waals surface area contributed by atoms with E-state index in [0.29, 0.717) is 11.3 Å². The number of hydrogen-bond acceptors (Lipinski definition) is 3. The SMILES string of the molecule is CC(=O)c1ccc(/C(N)=C/N)cc1. The molecule has 0 aliphatic rings. The van der Waals surface area contributed by atoms with Crippen molar-refractivity contribution in [3.8, 4) is 0 Å². The molecular formula is C10H12N2O. The summed E-state index contributed by atoms with van der Waals surface area (Å²) in [6, 6.07) is 7.01. The van der Waals surface area contributed by atoms with Crippen LogP contribution in [-0.2, 0) is 0 Å². The van der Waals surface area contributed by atoms with Crippen molar-refractivity contribution < 1.29 is 4.79 Å². The largest absolute Gasteiger partial charge is 0.403 e. The predicted molar refractivity (Wildman–Crippen MR) is 52.8 cm³/mol. The van der Waals surface area contributed by atoms with E-state index in [1.54, 1.807) is 24.3 Å². The molecule has 4 N–H and O–H groups in total. The third-order valence-corrected chi connectivity index (χ3v) is 1.80. The van der Waals surface area contributed by atoms with E-state index < -0.39 is 0 Å². The average molecular weight is 176 g/mol. The second-order valence-electron chi connectivity index (χ2n) is 2.76. The number of carbonyl (C=O) groups is 1. The van der Waals surface area contributed by atoms with Gasteiger partial charge in [0.05, 0.1) is 5.70 Å². The molecule has 0 heterocycles. The molecule has 0 spiro atoms. The second kappa shape index (κ2) is 3.76. The lowest BCUT2D eigenvalue weighted by Gasteiger charge is -2.00. The molecule has 0 atom stereocenters. The first-order valence-electron chi connectivity index (χ1n) is 3.94. The van der Waals surface area contributed by atoms with Gasteiger partial charge in [-0.05, 0) is 12.5 Å². The number of benzene rings is 1. The Bertz CT molecular complexity index is 338. The van der Waals surface area contributed by atoms with E-state index in [1.807, 2.05) is 0 Å². The molecule has 0 aliphatic carbocycles. The fourth-order valence-corrected chi connectivity index (χ4v) is 0.994. The highest BCUT2D eigenvalue weighted by atomic mass is 16.1. The van der Waals surface area contributed by atoms with E-state index in [0.717, 1.165) is 5.56 Å². The highest BCUT2D eigenvalue weighted by Crippen LogP contribution is 2.09. The summed E-state index contributed by atoms with van der Waals surface area (Å²) in [5.41, 5.74) is 12.8. The van der Waals surface area contributed by atoms with Crippen molar-refractivity contribution in [1.29, 1.82) is 0 Å². The van der Waals surface area contributed by atoms with Gasteiger partial charge in [-0.25, -0.2) is 0 Å². The zero-order valence-corrected chi connectivity index (χ0v) is 7.45. The third kappa shape index (κ3) is 2.08. The van der Waals surface area contributed by atoms with Crippen LogP contribution in [0.2, 0.25) is 0 Å². The Morgan fingerprint density at radius 1 is 1.23 bits per heavy atom. The van der Waals surface area contributed by atoms with E-state index in [9.17, 15) is 4.79 Å². The van der Waals surface area contributed by atoms with Gasteiger partial charge in [-0.3, -0.25) is 4.79 Å². The summed E-state index contributed by atoms with van der Waals surface area (Å²) >= 11 is 0. The predicted octanol–water partition coefficient (Wildman–Crippen LogP) is 1.11. The van der Waals surface area contributed by atoms with Crippen LogP contribution in [0.25, 0.3) is 5.70 Å². The van der Waals surface area contributed by atoms with Crippen LogP contribution >= 0.6 is 0 Å². The molecule has 0 bridgehead atoms. The molecule has 1 rings (SSSR count). The zero-order valence-electron chi connectivity index (χ0n) is 7.45. The van der Waals surface area contributed by atoms with Gasteiger partial charge in [-0.2, -0.15) is 0 Å². The van der Waals surface area contributed by atoms with Gasteiger partial charge in [0.2, 0.25) is 0 Å². The van der Waals surface area contributed by atoms with Crippen molar-refractivity contribution in [3.63, 3.8) is 0 Å². The Hall–Kier alpha value is -1.77. The summed E-state index contributed by atoms with van der Waals surface area (Å²) in [6.07, 6.45) is 1.34. The molecule has 3 nitrogen and oxygen atoms in total. The topological polar surface area (TPSA) is 69.1 Å². The summed E-state index contributed by atoms with van der Waals surface area (Å²) < 4.78 is 0. The first kappa shape index (κ1) is 9.32. The Morgan fingerprint density at radius 2 is 1.69 bits per heavy atom. The number of ketones is 1. The minimum absolute atomic E-state index is 0.0434. The number of nitrogens with two attached hydrogens (primary N) is 2. The van der Waals surface area contributed by atoms with E-state index in [2.05, 4.69) is 0 Å². The lowest BCUT2D eigenvalue weighted by Crippen LogP contribution is -2.00. The van der Waals surface area contributed by atoms with Gasteiger partial charge in [0.1, 0.15) is 0 Å². The van der Waals surface area contributed by atoms with Crippen molar-refractivity contribution in [3.05, 3.63) is 41.6 Å². The molecule has 0 amide bonds. The van der Waals surface area contributed by atoms with Crippen molar-refractivity contribution in [2.45, 2.75) is 6.92 Å². The van der Waals surface area contributed by atoms with Gasteiger partial charge in [0.25, 0.3) is 0 Å². The molecule has 0 saturated carbocycles. The first-order chi connectivity index (χ1) is 6.15. The van der Waals surface area contributed by atoms with Crippen molar-refractivity contribution in [2.24, 2.45) is 11.5 Å². The summed E-state index contributed by atoms with van der Waals surface area (Å²) in [6.45, 7) is 1.52. The van der Waals surface area contributed by atoms with Crippen LogP contribution in [-0.4, -0.2) is 5.78 Å². The van der Waals surface area contributed by atoms with E-state index in [4.69, 9.17) is 11.5 Å². The Morgan fingerprint density at radius 3 is 2.08 bits per heavy atom. The molecular weight excluding hydrogens is 164 g/mol. The smallest absolute Gasteiger partial charge is 0.159 e. The van der Waals surface area contributed by atoms with Gasteiger partial charge in [0.15, 0.2) is 5.78 Å². The van der Waals surface area contributed by atoms with Crippen LogP contribution in [0.4, 0.5) is 0 Å². The van der Waals surface area contributed by atoms with Gasteiger partial charge in [-0.1, -0.05) is 24.3 Å². The molecule has 0 fully saturated rings. The summed E-state index contributed by atoms with van der Waals surface area (Å²) in [5.74, 6) is 0.0434. The minimum atomic E-state index is 0.0434. The quantitative estimate of drug-likeness (QED) is 0.663. The van der Waals surface area contributed by atoms with Crippen LogP contribution in [0.15, 0.2) is 30.5 Å². The summed E-state index contributed by atoms with van der Waals surface area (Å²) in [4.78, 5) is 10.9. The highest BCUT2D eigenvalue weighted by molar-refractivity contribution is 5.94. The molecule has 13 heavy (non-hydrogen) atoms. The molecule has 1 aromatic carbocycles. The molecule has 3 heteroatoms. The monoisotopic (exact) mass is 176 g/mol. The number of carbonyl (C=O) groups excluding carboxylic acids is 1. The van der Waals surface area contributed by atoms with Crippen LogP contribution in [0, 0.1) is 0 Å². The summed E-state index contributed by atoms with van der Waals surface area (Å²) in [5, 5.41) is 0. The first-order valence-corrected chi connectivity index (χ1v) is 3.94. The number of hydrogen-bond donors (Lipinski definition) is 2. The fourth-order valence-electron chi connectivity index (χ4n) is 0.994. The molecule has 0 unspecified atom stereocenters. The lowest BCUT2D eigenvalue weighted by molar-refractivity contribution is 0.101. The number of Topliss-reactive ketones (excluding diaryl/α,β-unsaturated/α-hetero) is 1. The highest BCUT2D eigenvalue weighted by Gasteiger charge is 1.99. The fraction of sp³-hybridized carbons (Fsp3) is 0.100. The Balaban J connectivity index is 3.00. The van der Waals surface area contributed by atoms with E-state index >= 15 is 0 Å². The van der Waals surface area contributed by atoms with E-state index in [1.165, 1.54) is 13.1 Å². The molecule has 68 valence electrons. The lowest BCUT2D eigenvalue weighted by atomic mass is 10.1. The summed E-state index contributed by atoms with van der Waals surface area (Å²) in [7, 11) is 0. The third-order valence-electron chi connectivity index (χ3n) is 1.80. The second-order valence-corrected chi connectivity index (χ2v) is 2.76. The molecule has 0 aliphatic heterocycles. The van der Waals surface area contributed by atoms with Crippen molar-refractivity contribution in [2.75, 3.05) is 0 Å². The maximum atomic E-state index is 10.9. The molecule has 0 saturated heterocycles. The van der Waals surface area contributed by atoms with Crippen molar-refractivity contribution >= 4 is 11.5 Å². The standard InChI is InChI=1S/C10H12N2O/c1-7(13)8-2-4-9(5-3-8)10(12)6-11/h2-6H,11-12H2,1H3/b10-6-. The number of rotatable bonds is 2. The molecule has 0 aromatic heterocycles. The van der Waals surface area contributed by atoms with Gasteiger partial charge in [-0.15, -0.1) is 0 Å². The van der Waals surface area contributed by atoms with E-state index in [-0.39, 0.29) is 5.78 Å². The van der Waals surface area contributed by atoms with Crippen LogP contribution in [0.3, 0.4) is 0 Å². The van der Waals surface area contributed by atoms with Gasteiger partial charge < -0.3 is 11.5 Å². The van der Waals surface area contributed by atoms with Gasteiger partial charge >= 0.3 is 0 Å². The Kier molecular flexibility index (Phi) is 2.69. The molecule has 0 radical (unpaired) electrons. The minimum Gasteiger partial charge on any atom is -0.403 e. The van der Waals surface area contributed by atoms with Gasteiger partial charge in [0, 0.05) is 11.8 Å². The maximum absolute atomic E-state index is 10.9. The maximum Gasteiger partial charge on any atom is 0.159 e. The van der Waals surface area contributed by atoms with Crippen LogP contribution < -0.4 is 11.5 Å². The average Bonchev–Trinajstić information content (AvgIpc) is 2.17. The van der Waals surface area contributed by atoms with Crippen LogP contribution in [0.5, 0.6) is 0 Å². The van der Waals surface area contributed by atoms with Crippen LogP contribution in [0.1, 0.15) is 22.8 Å².